The molecule has 3 rings (SSSR count). The van der Waals surface area contributed by atoms with Crippen LogP contribution in [0.4, 0.5) is 5.69 Å². The predicted molar refractivity (Wildman–Crippen MR) is 103 cm³/mol. The van der Waals surface area contributed by atoms with E-state index in [1.165, 1.54) is 12.0 Å². The van der Waals surface area contributed by atoms with Crippen LogP contribution < -0.4 is 16.0 Å². The molecule has 1 aliphatic heterocycles. The van der Waals surface area contributed by atoms with Gasteiger partial charge in [0.2, 0.25) is 0 Å². The molecule has 2 aromatic rings. The van der Waals surface area contributed by atoms with Gasteiger partial charge in [-0.05, 0) is 37.6 Å². The Morgan fingerprint density at radius 1 is 1.12 bits per heavy atom. The van der Waals surface area contributed by atoms with Crippen LogP contribution in [-0.2, 0) is 6.54 Å². The fourth-order valence-electron chi connectivity index (χ4n) is 3.24. The summed E-state index contributed by atoms with van der Waals surface area (Å²) in [4.78, 5) is 16.9. The molecule has 1 fully saturated rings. The maximum Gasteiger partial charge on any atom is 0.254 e. The van der Waals surface area contributed by atoms with Gasteiger partial charge in [-0.1, -0.05) is 18.2 Å². The van der Waals surface area contributed by atoms with Gasteiger partial charge in [-0.3, -0.25) is 9.69 Å². The Morgan fingerprint density at radius 3 is 2.58 bits per heavy atom. The molecule has 0 saturated carbocycles. The zero-order chi connectivity index (χ0) is 18.2. The summed E-state index contributed by atoms with van der Waals surface area (Å²) in [6, 6.07) is 12.3. The Kier molecular flexibility index (Phi) is 6.68. The van der Waals surface area contributed by atoms with Crippen LogP contribution in [0.15, 0.2) is 47.1 Å². The Bertz CT molecular complexity index is 678. The lowest BCUT2D eigenvalue weighted by atomic mass is 10.2. The number of anilines is 1. The quantitative estimate of drug-likeness (QED) is 0.708. The van der Waals surface area contributed by atoms with E-state index in [9.17, 15) is 4.79 Å². The highest BCUT2D eigenvalue weighted by atomic mass is 16.3. The van der Waals surface area contributed by atoms with Gasteiger partial charge in [0.25, 0.3) is 5.91 Å². The molecule has 140 valence electrons. The Balaban J connectivity index is 1.28. The van der Waals surface area contributed by atoms with Crippen LogP contribution in [-0.4, -0.2) is 50.1 Å². The molecule has 26 heavy (non-hydrogen) atoms. The Labute approximate surface area is 154 Å². The van der Waals surface area contributed by atoms with E-state index in [0.717, 1.165) is 45.6 Å². The first kappa shape index (κ1) is 18.5. The summed E-state index contributed by atoms with van der Waals surface area (Å²) in [5.41, 5.74) is 7.34. The highest BCUT2D eigenvalue weighted by molar-refractivity contribution is 5.93. The number of nitrogens with zero attached hydrogens (tertiary/aromatic N) is 2. The van der Waals surface area contributed by atoms with Gasteiger partial charge in [-0.25, -0.2) is 0 Å². The third-order valence-corrected chi connectivity index (χ3v) is 4.80. The van der Waals surface area contributed by atoms with Gasteiger partial charge < -0.3 is 20.4 Å². The zero-order valence-corrected chi connectivity index (χ0v) is 15.2. The number of benzene rings is 1. The van der Waals surface area contributed by atoms with E-state index in [1.807, 2.05) is 0 Å². The molecule has 3 N–H and O–H groups in total. The predicted octanol–water partition coefficient (Wildman–Crippen LogP) is 2.07. The van der Waals surface area contributed by atoms with Crippen LogP contribution in [0.5, 0.6) is 0 Å². The zero-order valence-electron chi connectivity index (χ0n) is 15.2. The third kappa shape index (κ3) is 5.09. The number of hydrogen-bond donors (Lipinski definition) is 2. The van der Waals surface area contributed by atoms with Crippen LogP contribution in [0.1, 0.15) is 29.0 Å². The number of rotatable bonds is 8. The van der Waals surface area contributed by atoms with Gasteiger partial charge >= 0.3 is 0 Å². The Hall–Kier alpha value is -2.31. The van der Waals surface area contributed by atoms with Gasteiger partial charge in [0.15, 0.2) is 0 Å². The van der Waals surface area contributed by atoms with Crippen molar-refractivity contribution in [2.45, 2.75) is 19.4 Å². The summed E-state index contributed by atoms with van der Waals surface area (Å²) in [5.74, 6) is 0.537. The van der Waals surface area contributed by atoms with E-state index < -0.39 is 0 Å². The lowest BCUT2D eigenvalue weighted by Crippen LogP contribution is -2.46. The van der Waals surface area contributed by atoms with Crippen molar-refractivity contribution < 1.29 is 9.21 Å². The minimum atomic E-state index is -0.0927. The number of furan rings is 1. The SMILES string of the molecule is NCc1cc(C(=O)NCCCCN2CCN(c3ccccc3)CC2)co1. The standard InChI is InChI=1S/C20H28N4O2/c21-15-19-14-17(16-26-19)20(25)22-8-4-5-9-23-10-12-24(13-11-23)18-6-2-1-3-7-18/h1-3,6-7,14,16H,4-5,8-13,15,21H2,(H,22,25). The van der Waals surface area contributed by atoms with Crippen molar-refractivity contribution in [2.24, 2.45) is 5.73 Å². The molecule has 6 heteroatoms. The summed E-state index contributed by atoms with van der Waals surface area (Å²) in [6.45, 7) is 6.42. The van der Waals surface area contributed by atoms with Crippen LogP contribution in [0.2, 0.25) is 0 Å². The molecule has 1 amide bonds. The first-order valence-corrected chi connectivity index (χ1v) is 9.34. The van der Waals surface area contributed by atoms with Crippen molar-refractivity contribution in [3.05, 3.63) is 54.0 Å². The van der Waals surface area contributed by atoms with E-state index in [-0.39, 0.29) is 5.91 Å². The number of para-hydroxylation sites is 1. The van der Waals surface area contributed by atoms with Crippen LogP contribution in [0, 0.1) is 0 Å². The molecule has 0 spiro atoms. The molecular formula is C20H28N4O2. The number of nitrogens with two attached hydrogens (primary N) is 1. The van der Waals surface area contributed by atoms with Gasteiger partial charge in [0, 0.05) is 38.4 Å². The maximum absolute atomic E-state index is 12.0. The number of hydrogen-bond acceptors (Lipinski definition) is 5. The lowest BCUT2D eigenvalue weighted by molar-refractivity contribution is 0.0952. The minimum Gasteiger partial charge on any atom is -0.467 e. The first-order chi connectivity index (χ1) is 12.8. The van der Waals surface area contributed by atoms with Crippen LogP contribution >= 0.6 is 0 Å². The highest BCUT2D eigenvalue weighted by Gasteiger charge is 2.16. The second-order valence-corrected chi connectivity index (χ2v) is 6.63. The van der Waals surface area contributed by atoms with Gasteiger partial charge in [0.1, 0.15) is 12.0 Å². The second-order valence-electron chi connectivity index (χ2n) is 6.63. The topological polar surface area (TPSA) is 74.7 Å². The summed E-state index contributed by atoms with van der Waals surface area (Å²) in [6.07, 6.45) is 3.53. The number of nitrogens with one attached hydrogen (secondary N) is 1. The molecule has 1 aromatic heterocycles. The molecule has 1 saturated heterocycles. The highest BCUT2D eigenvalue weighted by Crippen LogP contribution is 2.15. The van der Waals surface area contributed by atoms with E-state index in [1.54, 1.807) is 6.07 Å². The summed E-state index contributed by atoms with van der Waals surface area (Å²) in [7, 11) is 0. The average molecular weight is 356 g/mol. The second kappa shape index (κ2) is 9.40. The normalized spacial score (nSPS) is 15.2. The Morgan fingerprint density at radius 2 is 1.88 bits per heavy atom. The fraction of sp³-hybridized carbons (Fsp3) is 0.450. The number of amides is 1. The molecule has 0 aliphatic carbocycles. The summed E-state index contributed by atoms with van der Waals surface area (Å²) < 4.78 is 5.19. The number of unbranched alkanes of at least 4 members (excludes halogenated alkanes) is 1. The third-order valence-electron chi connectivity index (χ3n) is 4.80. The molecule has 2 heterocycles. The maximum atomic E-state index is 12.0. The van der Waals surface area contributed by atoms with Crippen molar-refractivity contribution in [3.63, 3.8) is 0 Å². The molecule has 0 unspecified atom stereocenters. The molecule has 1 aliphatic rings. The van der Waals surface area contributed by atoms with Gasteiger partial charge in [0.05, 0.1) is 12.1 Å². The number of carbonyl (C=O) groups excluding carboxylic acids is 1. The minimum absolute atomic E-state index is 0.0927. The van der Waals surface area contributed by atoms with Crippen molar-refractivity contribution in [3.8, 4) is 0 Å². The van der Waals surface area contributed by atoms with Crippen molar-refractivity contribution in [2.75, 3.05) is 44.2 Å². The smallest absolute Gasteiger partial charge is 0.254 e. The van der Waals surface area contributed by atoms with E-state index in [2.05, 4.69) is 45.4 Å². The lowest BCUT2D eigenvalue weighted by Gasteiger charge is -2.36. The molecule has 1 aromatic carbocycles. The summed E-state index contributed by atoms with van der Waals surface area (Å²) in [5, 5.41) is 2.94. The van der Waals surface area contributed by atoms with Crippen molar-refractivity contribution in [1.29, 1.82) is 0 Å². The van der Waals surface area contributed by atoms with Crippen LogP contribution in [0.25, 0.3) is 0 Å². The van der Waals surface area contributed by atoms with Gasteiger partial charge in [-0.2, -0.15) is 0 Å². The molecule has 6 nitrogen and oxygen atoms in total. The monoisotopic (exact) mass is 356 g/mol. The molecule has 0 bridgehead atoms. The van der Waals surface area contributed by atoms with Crippen molar-refractivity contribution >= 4 is 11.6 Å². The van der Waals surface area contributed by atoms with Gasteiger partial charge in [-0.15, -0.1) is 0 Å². The van der Waals surface area contributed by atoms with E-state index in [0.29, 0.717) is 24.4 Å². The van der Waals surface area contributed by atoms with Crippen LogP contribution in [0.3, 0.4) is 0 Å². The molecule has 0 atom stereocenters. The van der Waals surface area contributed by atoms with E-state index in [4.69, 9.17) is 10.2 Å². The largest absolute Gasteiger partial charge is 0.467 e. The number of piperazine rings is 1. The van der Waals surface area contributed by atoms with E-state index >= 15 is 0 Å². The summed E-state index contributed by atoms with van der Waals surface area (Å²) >= 11 is 0. The molecular weight excluding hydrogens is 328 g/mol. The fourth-order valence-corrected chi connectivity index (χ4v) is 3.24. The van der Waals surface area contributed by atoms with Crippen molar-refractivity contribution in [1.82, 2.24) is 10.2 Å². The number of carbonyl (C=O) groups is 1. The molecule has 0 radical (unpaired) electrons. The average Bonchev–Trinajstić information content (AvgIpc) is 3.18. The first-order valence-electron chi connectivity index (χ1n) is 9.34.